The van der Waals surface area contributed by atoms with E-state index in [0.717, 1.165) is 5.56 Å². The first-order valence-corrected chi connectivity index (χ1v) is 11.1. The van der Waals surface area contributed by atoms with Gasteiger partial charge < -0.3 is 23.9 Å². The number of esters is 1. The number of aromatic carboxylic acids is 1. The van der Waals surface area contributed by atoms with Crippen molar-refractivity contribution in [2.75, 3.05) is 20.3 Å². The summed E-state index contributed by atoms with van der Waals surface area (Å²) in [5.41, 5.74) is 1.62. The Bertz CT molecular complexity index is 1100. The standard InChI is InChI=1S/C25H31NO7/c1-14(2)20-9-16-10-23(32-8-6-7-31-5)18(25(30)33-15(3)4)11-17(16)21-12-22(27)19(24(28)29)13-26(20)21/h10-15,20H,6-9H2,1-5H3,(H,28,29). The number of carbonyl (C=O) groups is 2. The van der Waals surface area contributed by atoms with Gasteiger partial charge in [0.05, 0.1) is 18.4 Å². The van der Waals surface area contributed by atoms with Crippen molar-refractivity contribution in [1.29, 1.82) is 0 Å². The smallest absolute Gasteiger partial charge is 0.342 e. The van der Waals surface area contributed by atoms with Gasteiger partial charge in [-0.1, -0.05) is 13.8 Å². The highest BCUT2D eigenvalue weighted by Crippen LogP contribution is 2.40. The van der Waals surface area contributed by atoms with Crippen LogP contribution in [0.3, 0.4) is 0 Å². The number of aromatic nitrogens is 1. The monoisotopic (exact) mass is 457 g/mol. The molecule has 1 N–H and O–H groups in total. The molecule has 1 aromatic heterocycles. The average molecular weight is 458 g/mol. The molecule has 1 aromatic carbocycles. The second-order valence-electron chi connectivity index (χ2n) is 8.82. The fourth-order valence-corrected chi connectivity index (χ4v) is 4.05. The molecule has 0 saturated carbocycles. The number of methoxy groups -OCH3 is 1. The Morgan fingerprint density at radius 3 is 2.45 bits per heavy atom. The van der Waals surface area contributed by atoms with Crippen LogP contribution >= 0.6 is 0 Å². The minimum Gasteiger partial charge on any atom is -0.493 e. The summed E-state index contributed by atoms with van der Waals surface area (Å²) >= 11 is 0. The Kier molecular flexibility index (Phi) is 7.58. The molecule has 2 heterocycles. The molecule has 8 nitrogen and oxygen atoms in total. The van der Waals surface area contributed by atoms with Gasteiger partial charge in [-0.2, -0.15) is 0 Å². The van der Waals surface area contributed by atoms with Crippen molar-refractivity contribution in [1.82, 2.24) is 4.57 Å². The lowest BCUT2D eigenvalue weighted by Crippen LogP contribution is -2.28. The average Bonchev–Trinajstić information content (AvgIpc) is 2.74. The lowest BCUT2D eigenvalue weighted by molar-refractivity contribution is 0.0372. The summed E-state index contributed by atoms with van der Waals surface area (Å²) in [5.74, 6) is -1.17. The molecule has 0 radical (unpaired) electrons. The number of pyridine rings is 1. The van der Waals surface area contributed by atoms with Crippen molar-refractivity contribution in [2.24, 2.45) is 5.92 Å². The number of carboxylic acid groups (broad SMARTS) is 1. The molecular weight excluding hydrogens is 426 g/mol. The van der Waals surface area contributed by atoms with Crippen LogP contribution in [0.15, 0.2) is 29.2 Å². The lowest BCUT2D eigenvalue weighted by atomic mass is 9.86. The summed E-state index contributed by atoms with van der Waals surface area (Å²) in [7, 11) is 1.62. The summed E-state index contributed by atoms with van der Waals surface area (Å²) in [6, 6.07) is 4.82. The van der Waals surface area contributed by atoms with Crippen LogP contribution in [0.2, 0.25) is 0 Å². The molecule has 0 spiro atoms. The molecule has 0 fully saturated rings. The van der Waals surface area contributed by atoms with Crippen LogP contribution in [-0.2, 0) is 15.9 Å². The fraction of sp³-hybridized carbons (Fsp3) is 0.480. The van der Waals surface area contributed by atoms with Crippen LogP contribution < -0.4 is 10.2 Å². The van der Waals surface area contributed by atoms with E-state index in [-0.39, 0.29) is 29.2 Å². The van der Waals surface area contributed by atoms with E-state index >= 15 is 0 Å². The van der Waals surface area contributed by atoms with Crippen LogP contribution in [0.4, 0.5) is 0 Å². The largest absolute Gasteiger partial charge is 0.493 e. The highest BCUT2D eigenvalue weighted by molar-refractivity contribution is 5.95. The Morgan fingerprint density at radius 1 is 1.12 bits per heavy atom. The molecule has 1 aliphatic heterocycles. The predicted octanol–water partition coefficient (Wildman–Crippen LogP) is 3.95. The van der Waals surface area contributed by atoms with Gasteiger partial charge in [-0.25, -0.2) is 9.59 Å². The second kappa shape index (κ2) is 10.2. The summed E-state index contributed by atoms with van der Waals surface area (Å²) < 4.78 is 18.3. The van der Waals surface area contributed by atoms with Crippen LogP contribution in [0.1, 0.15) is 66.4 Å². The summed E-state index contributed by atoms with van der Waals surface area (Å²) in [4.78, 5) is 37.0. The number of carboxylic acids is 1. The molecule has 1 aliphatic rings. The normalized spacial score (nSPS) is 14.7. The zero-order chi connectivity index (χ0) is 24.3. The molecule has 33 heavy (non-hydrogen) atoms. The van der Waals surface area contributed by atoms with E-state index in [2.05, 4.69) is 13.8 Å². The SMILES string of the molecule is COCCCOc1cc2c(cc1C(=O)OC(C)C)-c1cc(=O)c(C(=O)O)cn1C(C(C)C)C2. The third-order valence-corrected chi connectivity index (χ3v) is 5.66. The van der Waals surface area contributed by atoms with Gasteiger partial charge in [-0.3, -0.25) is 4.79 Å². The Balaban J connectivity index is 2.17. The first-order valence-electron chi connectivity index (χ1n) is 11.1. The first-order chi connectivity index (χ1) is 15.6. The molecule has 0 bridgehead atoms. The lowest BCUT2D eigenvalue weighted by Gasteiger charge is -2.34. The summed E-state index contributed by atoms with van der Waals surface area (Å²) in [6.07, 6.45) is 2.37. The van der Waals surface area contributed by atoms with E-state index in [9.17, 15) is 19.5 Å². The van der Waals surface area contributed by atoms with E-state index in [1.807, 2.05) is 10.6 Å². The van der Waals surface area contributed by atoms with E-state index in [0.29, 0.717) is 43.1 Å². The molecule has 0 aliphatic carbocycles. The van der Waals surface area contributed by atoms with E-state index < -0.39 is 17.4 Å². The van der Waals surface area contributed by atoms with E-state index in [1.165, 1.54) is 12.3 Å². The Labute approximate surface area is 193 Å². The molecule has 1 unspecified atom stereocenters. The van der Waals surface area contributed by atoms with Gasteiger partial charge in [-0.05, 0) is 43.9 Å². The summed E-state index contributed by atoms with van der Waals surface area (Å²) in [5, 5.41) is 9.45. The minimum absolute atomic E-state index is 0.0546. The van der Waals surface area contributed by atoms with Crippen LogP contribution in [0.5, 0.6) is 5.75 Å². The van der Waals surface area contributed by atoms with Gasteiger partial charge in [0.15, 0.2) is 5.43 Å². The molecular formula is C25H31NO7. The van der Waals surface area contributed by atoms with E-state index in [4.69, 9.17) is 14.2 Å². The molecule has 8 heteroatoms. The third kappa shape index (κ3) is 5.27. The fourth-order valence-electron chi connectivity index (χ4n) is 4.05. The Hall–Kier alpha value is -3.13. The van der Waals surface area contributed by atoms with Crippen molar-refractivity contribution >= 4 is 11.9 Å². The number of nitrogens with zero attached hydrogens (tertiary/aromatic N) is 1. The number of benzene rings is 1. The topological polar surface area (TPSA) is 104 Å². The van der Waals surface area contributed by atoms with Gasteiger partial charge >= 0.3 is 11.9 Å². The number of carbonyl (C=O) groups excluding carboxylic acids is 1. The minimum atomic E-state index is -1.26. The van der Waals surface area contributed by atoms with Gasteiger partial charge in [-0.15, -0.1) is 0 Å². The van der Waals surface area contributed by atoms with Crippen molar-refractivity contribution < 1.29 is 28.9 Å². The number of ether oxygens (including phenoxy) is 3. The molecule has 2 aromatic rings. The number of hydrogen-bond acceptors (Lipinski definition) is 6. The number of hydrogen-bond donors (Lipinski definition) is 1. The molecule has 178 valence electrons. The van der Waals surface area contributed by atoms with E-state index in [1.54, 1.807) is 27.0 Å². The molecule has 0 saturated heterocycles. The van der Waals surface area contributed by atoms with Crippen molar-refractivity contribution in [3.8, 4) is 17.0 Å². The molecule has 0 amide bonds. The maximum atomic E-state index is 12.9. The van der Waals surface area contributed by atoms with Crippen LogP contribution in [-0.4, -0.2) is 48.0 Å². The molecule has 3 rings (SSSR count). The van der Waals surface area contributed by atoms with Crippen LogP contribution in [0.25, 0.3) is 11.3 Å². The maximum Gasteiger partial charge on any atom is 0.342 e. The second-order valence-corrected chi connectivity index (χ2v) is 8.82. The number of rotatable bonds is 9. The van der Waals surface area contributed by atoms with Crippen molar-refractivity contribution in [2.45, 2.75) is 52.7 Å². The molecule has 1 atom stereocenters. The quantitative estimate of drug-likeness (QED) is 0.449. The number of fused-ring (bicyclic) bond motifs is 3. The maximum absolute atomic E-state index is 12.9. The zero-order valence-electron chi connectivity index (χ0n) is 19.7. The Morgan fingerprint density at radius 2 is 1.85 bits per heavy atom. The first kappa shape index (κ1) is 24.5. The van der Waals surface area contributed by atoms with Gasteiger partial charge in [0, 0.05) is 44.0 Å². The van der Waals surface area contributed by atoms with Crippen molar-refractivity contribution in [3.05, 3.63) is 51.3 Å². The zero-order valence-corrected chi connectivity index (χ0v) is 19.7. The van der Waals surface area contributed by atoms with Gasteiger partial charge in [0.1, 0.15) is 16.9 Å². The highest BCUT2D eigenvalue weighted by Gasteiger charge is 2.30. The predicted molar refractivity (Wildman–Crippen MR) is 123 cm³/mol. The van der Waals surface area contributed by atoms with Gasteiger partial charge in [0.2, 0.25) is 0 Å². The third-order valence-electron chi connectivity index (χ3n) is 5.66. The van der Waals surface area contributed by atoms with Crippen molar-refractivity contribution in [3.63, 3.8) is 0 Å². The van der Waals surface area contributed by atoms with Crippen LogP contribution in [0, 0.1) is 5.92 Å². The highest BCUT2D eigenvalue weighted by atomic mass is 16.5. The van der Waals surface area contributed by atoms with Gasteiger partial charge in [0.25, 0.3) is 0 Å². The summed E-state index contributed by atoms with van der Waals surface area (Å²) in [6.45, 7) is 8.55.